The summed E-state index contributed by atoms with van der Waals surface area (Å²) in [6.45, 7) is 2.80. The van der Waals surface area contributed by atoms with Gasteiger partial charge in [0.05, 0.1) is 13.2 Å². The number of carbonyl (C=O) groups excluding carboxylic acids is 2. The van der Waals surface area contributed by atoms with E-state index in [2.05, 4.69) is 42.7 Å². The van der Waals surface area contributed by atoms with Gasteiger partial charge in [0, 0.05) is 12.8 Å². The number of hydrogen-bond donors (Lipinski definition) is 3. The van der Waals surface area contributed by atoms with Crippen LogP contribution in [0.3, 0.4) is 0 Å². The highest BCUT2D eigenvalue weighted by atomic mass is 31.2. The van der Waals surface area contributed by atoms with E-state index in [4.69, 9.17) is 24.8 Å². The van der Waals surface area contributed by atoms with Gasteiger partial charge in [-0.05, 0) is 44.9 Å². The summed E-state index contributed by atoms with van der Waals surface area (Å²) in [6.07, 6.45) is 45.2. The Kier molecular flexibility index (Phi) is 41.2. The summed E-state index contributed by atoms with van der Waals surface area (Å²) in [6, 6.07) is -1.52. The van der Waals surface area contributed by atoms with Crippen molar-refractivity contribution in [2.24, 2.45) is 5.73 Å². The highest BCUT2D eigenvalue weighted by Gasteiger charge is 2.28. The number of rotatable bonds is 45. The molecule has 12 heteroatoms. The van der Waals surface area contributed by atoms with Gasteiger partial charge in [-0.3, -0.25) is 23.4 Å². The third kappa shape index (κ3) is 42.4. The van der Waals surface area contributed by atoms with Gasteiger partial charge in [-0.15, -0.1) is 0 Å². The smallest absolute Gasteiger partial charge is 0.472 e. The largest absolute Gasteiger partial charge is 0.480 e. The van der Waals surface area contributed by atoms with E-state index in [-0.39, 0.29) is 19.4 Å². The standard InChI is InChI=1S/C47H88NO10P/c1-3-5-7-9-11-13-15-17-19-21-23-24-26-28-30-32-34-36-38-45(49)55-40-43(41-56-59(53,54)57-42-44(48)47(51)52)58-46(50)39-37-35-33-31-29-27-25-22-20-18-16-14-12-10-8-6-4-2/h12,14,18,20,43-44H,3-11,13,15-17,19,21-42,48H2,1-2H3,(H,51,52)(H,53,54)/b14-12+,20-18+/t43-,44+/m1/s1. The van der Waals surface area contributed by atoms with Gasteiger partial charge in [0.15, 0.2) is 6.10 Å². The van der Waals surface area contributed by atoms with Gasteiger partial charge in [0.1, 0.15) is 12.6 Å². The number of hydrogen-bond acceptors (Lipinski definition) is 9. The van der Waals surface area contributed by atoms with Crippen LogP contribution in [-0.4, -0.2) is 59.9 Å². The fourth-order valence-electron chi connectivity index (χ4n) is 6.68. The number of aliphatic carboxylic acids is 1. The molecule has 0 aromatic rings. The number of nitrogens with two attached hydrogens (primary N) is 1. The van der Waals surface area contributed by atoms with Gasteiger partial charge >= 0.3 is 25.7 Å². The lowest BCUT2D eigenvalue weighted by atomic mass is 10.0. The number of carboxylic acid groups (broad SMARTS) is 1. The van der Waals surface area contributed by atoms with E-state index in [0.29, 0.717) is 12.8 Å². The Balaban J connectivity index is 4.28. The maximum Gasteiger partial charge on any atom is 0.472 e. The minimum atomic E-state index is -4.72. The van der Waals surface area contributed by atoms with Crippen molar-refractivity contribution >= 4 is 25.7 Å². The first-order valence-electron chi connectivity index (χ1n) is 23.9. The summed E-state index contributed by atoms with van der Waals surface area (Å²) in [5.74, 6) is -2.37. The second-order valence-corrected chi connectivity index (χ2v) is 17.7. The number of unbranched alkanes of at least 4 members (excludes halogenated alkanes) is 27. The first-order valence-corrected chi connectivity index (χ1v) is 25.4. The lowest BCUT2D eigenvalue weighted by Crippen LogP contribution is -2.34. The lowest BCUT2D eigenvalue weighted by Gasteiger charge is -2.20. The average Bonchev–Trinajstić information content (AvgIpc) is 3.21. The highest BCUT2D eigenvalue weighted by molar-refractivity contribution is 7.47. The van der Waals surface area contributed by atoms with Crippen molar-refractivity contribution in [3.63, 3.8) is 0 Å². The molecule has 0 aliphatic carbocycles. The summed E-state index contributed by atoms with van der Waals surface area (Å²) in [5.41, 5.74) is 5.34. The van der Waals surface area contributed by atoms with Crippen molar-refractivity contribution in [3.05, 3.63) is 24.3 Å². The molecule has 0 aromatic heterocycles. The SMILES string of the molecule is CCCCC/C=C/C/C=C/CCCCCCCCCC(=O)O[C@H](COC(=O)CCCCCCCCCCCCCCCCCCCC)COP(=O)(O)OC[C@H](N)C(=O)O. The lowest BCUT2D eigenvalue weighted by molar-refractivity contribution is -0.161. The zero-order valence-corrected chi connectivity index (χ0v) is 38.5. The molecule has 0 rings (SSSR count). The molecular formula is C47H88NO10P. The fraction of sp³-hybridized carbons (Fsp3) is 0.851. The van der Waals surface area contributed by atoms with Crippen molar-refractivity contribution < 1.29 is 47.5 Å². The minimum Gasteiger partial charge on any atom is -0.480 e. The van der Waals surface area contributed by atoms with Crippen molar-refractivity contribution in [2.45, 2.75) is 238 Å². The van der Waals surface area contributed by atoms with Gasteiger partial charge in [0.25, 0.3) is 0 Å². The Morgan fingerprint density at radius 2 is 0.898 bits per heavy atom. The van der Waals surface area contributed by atoms with Crippen LogP contribution in [0.2, 0.25) is 0 Å². The number of carboxylic acids is 1. The van der Waals surface area contributed by atoms with Crippen LogP contribution < -0.4 is 5.73 Å². The van der Waals surface area contributed by atoms with Crippen LogP contribution in [0, 0.1) is 0 Å². The van der Waals surface area contributed by atoms with Crippen molar-refractivity contribution in [3.8, 4) is 0 Å². The van der Waals surface area contributed by atoms with Gasteiger partial charge in [0.2, 0.25) is 0 Å². The number of esters is 2. The van der Waals surface area contributed by atoms with E-state index in [1.807, 2.05) is 0 Å². The van der Waals surface area contributed by atoms with Crippen molar-refractivity contribution in [1.29, 1.82) is 0 Å². The third-order valence-electron chi connectivity index (χ3n) is 10.5. The molecular weight excluding hydrogens is 769 g/mol. The van der Waals surface area contributed by atoms with E-state index in [1.54, 1.807) is 0 Å². The van der Waals surface area contributed by atoms with Crippen molar-refractivity contribution in [1.82, 2.24) is 0 Å². The predicted octanol–water partition coefficient (Wildman–Crippen LogP) is 13.0. The van der Waals surface area contributed by atoms with E-state index < -0.39 is 51.1 Å². The molecule has 0 aliphatic rings. The molecule has 0 spiro atoms. The monoisotopic (exact) mass is 858 g/mol. The Labute approximate surface area is 360 Å². The molecule has 4 N–H and O–H groups in total. The Hall–Kier alpha value is -2.04. The molecule has 346 valence electrons. The Bertz CT molecular complexity index is 1100. The molecule has 59 heavy (non-hydrogen) atoms. The predicted molar refractivity (Wildman–Crippen MR) is 240 cm³/mol. The van der Waals surface area contributed by atoms with Crippen LogP contribution in [0.25, 0.3) is 0 Å². The van der Waals surface area contributed by atoms with Crippen LogP contribution in [0.5, 0.6) is 0 Å². The Morgan fingerprint density at radius 1 is 0.525 bits per heavy atom. The summed E-state index contributed by atoms with van der Waals surface area (Å²) in [5, 5.41) is 8.90. The second kappa shape index (κ2) is 42.6. The fourth-order valence-corrected chi connectivity index (χ4v) is 7.46. The molecule has 0 saturated carbocycles. The summed E-state index contributed by atoms with van der Waals surface area (Å²) < 4.78 is 32.8. The van der Waals surface area contributed by atoms with E-state index >= 15 is 0 Å². The summed E-state index contributed by atoms with van der Waals surface area (Å²) >= 11 is 0. The quantitative estimate of drug-likeness (QED) is 0.0230. The molecule has 0 aromatic carbocycles. The van der Waals surface area contributed by atoms with Crippen molar-refractivity contribution in [2.75, 3.05) is 19.8 Å². The molecule has 0 amide bonds. The molecule has 0 aliphatic heterocycles. The number of ether oxygens (including phenoxy) is 2. The molecule has 0 saturated heterocycles. The topological polar surface area (TPSA) is 172 Å². The average molecular weight is 858 g/mol. The number of phosphoric ester groups is 1. The molecule has 3 atom stereocenters. The molecule has 1 unspecified atom stereocenters. The van der Waals surface area contributed by atoms with Crippen LogP contribution in [-0.2, 0) is 37.5 Å². The summed E-state index contributed by atoms with van der Waals surface area (Å²) in [4.78, 5) is 46.1. The van der Waals surface area contributed by atoms with Gasteiger partial charge < -0.3 is 25.2 Å². The number of carbonyl (C=O) groups is 3. The van der Waals surface area contributed by atoms with Gasteiger partial charge in [-0.2, -0.15) is 0 Å². The maximum absolute atomic E-state index is 12.7. The first-order chi connectivity index (χ1) is 28.6. The number of phosphoric acid groups is 1. The van der Waals surface area contributed by atoms with Crippen LogP contribution >= 0.6 is 7.82 Å². The molecule has 0 bridgehead atoms. The first kappa shape index (κ1) is 57.0. The molecule has 0 fully saturated rings. The van der Waals surface area contributed by atoms with E-state index in [9.17, 15) is 23.8 Å². The second-order valence-electron chi connectivity index (χ2n) is 16.2. The van der Waals surface area contributed by atoms with Crippen LogP contribution in [0.1, 0.15) is 226 Å². The van der Waals surface area contributed by atoms with E-state index in [1.165, 1.54) is 128 Å². The third-order valence-corrected chi connectivity index (χ3v) is 11.4. The molecule has 0 radical (unpaired) electrons. The summed E-state index contributed by atoms with van der Waals surface area (Å²) in [7, 11) is -4.72. The zero-order valence-electron chi connectivity index (χ0n) is 37.6. The van der Waals surface area contributed by atoms with Crippen LogP contribution in [0.4, 0.5) is 0 Å². The zero-order chi connectivity index (χ0) is 43.5. The van der Waals surface area contributed by atoms with Crippen LogP contribution in [0.15, 0.2) is 24.3 Å². The normalized spacial score (nSPS) is 13.8. The Morgan fingerprint density at radius 3 is 1.36 bits per heavy atom. The number of allylic oxidation sites excluding steroid dienone is 4. The van der Waals surface area contributed by atoms with Gasteiger partial charge in [-0.25, -0.2) is 4.57 Å². The maximum atomic E-state index is 12.7. The molecule has 0 heterocycles. The minimum absolute atomic E-state index is 0.155. The molecule has 11 nitrogen and oxygen atoms in total. The highest BCUT2D eigenvalue weighted by Crippen LogP contribution is 2.43. The van der Waals surface area contributed by atoms with E-state index in [0.717, 1.165) is 57.8 Å². The van der Waals surface area contributed by atoms with Gasteiger partial charge in [-0.1, -0.05) is 192 Å².